The summed E-state index contributed by atoms with van der Waals surface area (Å²) in [4.78, 5) is 8.74. The molecule has 5 heteroatoms. The Bertz CT molecular complexity index is 977. The zero-order valence-corrected chi connectivity index (χ0v) is 12.5. The van der Waals surface area contributed by atoms with Gasteiger partial charge in [0.05, 0.1) is 12.8 Å². The Balaban J connectivity index is 1.89. The lowest BCUT2D eigenvalue weighted by atomic mass is 10.0. The molecule has 0 saturated carbocycles. The predicted molar refractivity (Wildman–Crippen MR) is 88.2 cm³/mol. The topological polar surface area (TPSA) is 52.3 Å². The molecule has 0 bridgehead atoms. The molecule has 0 aliphatic heterocycles. The van der Waals surface area contributed by atoms with Gasteiger partial charge in [0.15, 0.2) is 5.65 Å². The molecule has 0 radical (unpaired) electrons. The highest BCUT2D eigenvalue weighted by atomic mass is 16.5. The molecule has 3 aromatic heterocycles. The molecule has 23 heavy (non-hydrogen) atoms. The Hall–Kier alpha value is -3.21. The van der Waals surface area contributed by atoms with E-state index in [4.69, 9.17) is 4.74 Å². The summed E-state index contributed by atoms with van der Waals surface area (Å²) in [7, 11) is 1.66. The van der Waals surface area contributed by atoms with Crippen LogP contribution in [0.25, 0.3) is 28.0 Å². The van der Waals surface area contributed by atoms with Crippen molar-refractivity contribution in [1.82, 2.24) is 19.6 Å². The quantitative estimate of drug-likeness (QED) is 0.581. The summed E-state index contributed by atoms with van der Waals surface area (Å²) in [5.74, 6) is 0.811. The molecule has 0 unspecified atom stereocenters. The Labute approximate surface area is 133 Å². The first-order chi connectivity index (χ1) is 11.3. The second kappa shape index (κ2) is 5.53. The zero-order valence-electron chi connectivity index (χ0n) is 12.5. The minimum Gasteiger partial charge on any atom is -0.497 e. The average Bonchev–Trinajstić information content (AvgIpc) is 3.09. The van der Waals surface area contributed by atoms with Gasteiger partial charge in [-0.1, -0.05) is 18.2 Å². The Morgan fingerprint density at radius 3 is 2.83 bits per heavy atom. The van der Waals surface area contributed by atoms with E-state index in [1.807, 2.05) is 48.7 Å². The van der Waals surface area contributed by atoms with E-state index in [2.05, 4.69) is 21.1 Å². The Morgan fingerprint density at radius 1 is 0.957 bits per heavy atom. The summed E-state index contributed by atoms with van der Waals surface area (Å²) < 4.78 is 7.08. The summed E-state index contributed by atoms with van der Waals surface area (Å²) >= 11 is 0. The molecule has 1 aromatic carbocycles. The standard InChI is InChI=1S/C18H14N4O/c1-23-15-5-2-4-13(10-15)18-16(6-3-9-19-18)14-7-8-17-20-12-21-22(17)11-14/h2-12H,1H3. The third-order valence-electron chi connectivity index (χ3n) is 3.74. The van der Waals surface area contributed by atoms with Crippen molar-refractivity contribution in [2.24, 2.45) is 0 Å². The van der Waals surface area contributed by atoms with Crippen LogP contribution in [0.3, 0.4) is 0 Å². The molecule has 0 aliphatic rings. The van der Waals surface area contributed by atoms with E-state index < -0.39 is 0 Å². The van der Waals surface area contributed by atoms with Crippen molar-refractivity contribution in [2.75, 3.05) is 7.11 Å². The van der Waals surface area contributed by atoms with E-state index in [-0.39, 0.29) is 0 Å². The molecule has 0 aliphatic carbocycles. The van der Waals surface area contributed by atoms with Crippen LogP contribution in [0.15, 0.2) is 67.3 Å². The van der Waals surface area contributed by atoms with E-state index >= 15 is 0 Å². The first-order valence-corrected chi connectivity index (χ1v) is 7.24. The van der Waals surface area contributed by atoms with E-state index in [9.17, 15) is 0 Å². The highest BCUT2D eigenvalue weighted by Gasteiger charge is 2.10. The van der Waals surface area contributed by atoms with Crippen LogP contribution in [-0.2, 0) is 0 Å². The van der Waals surface area contributed by atoms with Gasteiger partial charge >= 0.3 is 0 Å². The van der Waals surface area contributed by atoms with Gasteiger partial charge in [0.2, 0.25) is 0 Å². The predicted octanol–water partition coefficient (Wildman–Crippen LogP) is 3.47. The van der Waals surface area contributed by atoms with Crippen molar-refractivity contribution in [1.29, 1.82) is 0 Å². The fourth-order valence-corrected chi connectivity index (χ4v) is 2.61. The van der Waals surface area contributed by atoms with E-state index in [1.54, 1.807) is 24.1 Å². The Morgan fingerprint density at radius 2 is 1.91 bits per heavy atom. The summed E-state index contributed by atoms with van der Waals surface area (Å²) in [6, 6.07) is 15.9. The second-order valence-corrected chi connectivity index (χ2v) is 5.11. The molecule has 5 nitrogen and oxygen atoms in total. The van der Waals surface area contributed by atoms with Gasteiger partial charge in [-0.2, -0.15) is 5.10 Å². The largest absolute Gasteiger partial charge is 0.497 e. The minimum atomic E-state index is 0.811. The van der Waals surface area contributed by atoms with Crippen LogP contribution in [0.4, 0.5) is 0 Å². The highest BCUT2D eigenvalue weighted by molar-refractivity contribution is 5.81. The molecule has 0 saturated heterocycles. The Kier molecular flexibility index (Phi) is 3.24. The van der Waals surface area contributed by atoms with Crippen LogP contribution in [-0.4, -0.2) is 26.7 Å². The lowest BCUT2D eigenvalue weighted by molar-refractivity contribution is 0.415. The van der Waals surface area contributed by atoms with Crippen LogP contribution in [0.5, 0.6) is 5.75 Å². The van der Waals surface area contributed by atoms with Crippen molar-refractivity contribution >= 4 is 5.65 Å². The molecular formula is C18H14N4O. The van der Waals surface area contributed by atoms with Crippen LogP contribution in [0, 0.1) is 0 Å². The maximum atomic E-state index is 5.32. The zero-order chi connectivity index (χ0) is 15.6. The van der Waals surface area contributed by atoms with Crippen molar-refractivity contribution in [3.63, 3.8) is 0 Å². The number of nitrogens with zero attached hydrogens (tertiary/aromatic N) is 4. The molecule has 112 valence electrons. The number of benzene rings is 1. The highest BCUT2D eigenvalue weighted by Crippen LogP contribution is 2.31. The minimum absolute atomic E-state index is 0.811. The van der Waals surface area contributed by atoms with Gasteiger partial charge in [0, 0.05) is 29.1 Å². The lowest BCUT2D eigenvalue weighted by Gasteiger charge is -2.10. The number of aromatic nitrogens is 4. The van der Waals surface area contributed by atoms with Crippen molar-refractivity contribution in [3.05, 3.63) is 67.3 Å². The van der Waals surface area contributed by atoms with Gasteiger partial charge in [-0.15, -0.1) is 0 Å². The van der Waals surface area contributed by atoms with Gasteiger partial charge in [0.1, 0.15) is 12.1 Å². The van der Waals surface area contributed by atoms with Gasteiger partial charge < -0.3 is 4.74 Å². The van der Waals surface area contributed by atoms with Gasteiger partial charge in [0.25, 0.3) is 0 Å². The van der Waals surface area contributed by atoms with Gasteiger partial charge in [-0.25, -0.2) is 9.50 Å². The monoisotopic (exact) mass is 302 g/mol. The average molecular weight is 302 g/mol. The molecule has 4 aromatic rings. The van der Waals surface area contributed by atoms with Crippen molar-refractivity contribution in [2.45, 2.75) is 0 Å². The maximum absolute atomic E-state index is 5.32. The van der Waals surface area contributed by atoms with Gasteiger partial charge in [-0.3, -0.25) is 4.98 Å². The molecule has 0 amide bonds. The molecule has 3 heterocycles. The number of fused-ring (bicyclic) bond motifs is 1. The molecule has 0 fully saturated rings. The smallest absolute Gasteiger partial charge is 0.155 e. The van der Waals surface area contributed by atoms with Crippen molar-refractivity contribution < 1.29 is 4.74 Å². The number of rotatable bonds is 3. The summed E-state index contributed by atoms with van der Waals surface area (Å²) in [6.45, 7) is 0. The van der Waals surface area contributed by atoms with Crippen LogP contribution < -0.4 is 4.74 Å². The van der Waals surface area contributed by atoms with E-state index in [1.165, 1.54) is 0 Å². The number of hydrogen-bond donors (Lipinski definition) is 0. The number of hydrogen-bond acceptors (Lipinski definition) is 4. The normalized spacial score (nSPS) is 10.8. The molecular weight excluding hydrogens is 288 g/mol. The van der Waals surface area contributed by atoms with E-state index in [0.717, 1.165) is 33.8 Å². The fourth-order valence-electron chi connectivity index (χ4n) is 2.61. The molecule has 0 N–H and O–H groups in total. The summed E-state index contributed by atoms with van der Waals surface area (Å²) in [5.41, 5.74) is 4.82. The summed E-state index contributed by atoms with van der Waals surface area (Å²) in [6.07, 6.45) is 5.31. The molecule has 0 atom stereocenters. The fraction of sp³-hybridized carbons (Fsp3) is 0.0556. The second-order valence-electron chi connectivity index (χ2n) is 5.11. The number of methoxy groups -OCH3 is 1. The molecule has 4 rings (SSSR count). The third kappa shape index (κ3) is 2.42. The van der Waals surface area contributed by atoms with E-state index in [0.29, 0.717) is 0 Å². The van der Waals surface area contributed by atoms with Crippen LogP contribution >= 0.6 is 0 Å². The first kappa shape index (κ1) is 13.5. The van der Waals surface area contributed by atoms with Crippen LogP contribution in [0.2, 0.25) is 0 Å². The maximum Gasteiger partial charge on any atom is 0.155 e. The van der Waals surface area contributed by atoms with Gasteiger partial charge in [-0.05, 0) is 30.3 Å². The lowest BCUT2D eigenvalue weighted by Crippen LogP contribution is -1.93. The summed E-state index contributed by atoms with van der Waals surface area (Å²) in [5, 5.41) is 4.20. The van der Waals surface area contributed by atoms with Crippen LogP contribution in [0.1, 0.15) is 0 Å². The SMILES string of the molecule is COc1cccc(-c2ncccc2-c2ccc3ncnn3c2)c1. The van der Waals surface area contributed by atoms with Crippen molar-refractivity contribution in [3.8, 4) is 28.1 Å². The molecule has 0 spiro atoms. The number of pyridine rings is 2. The first-order valence-electron chi connectivity index (χ1n) is 7.24. The third-order valence-corrected chi connectivity index (χ3v) is 3.74. The number of ether oxygens (including phenoxy) is 1.